The van der Waals surface area contributed by atoms with Crippen molar-refractivity contribution in [3.63, 3.8) is 0 Å². The molecule has 0 saturated heterocycles. The maximum atomic E-state index is 12.1. The van der Waals surface area contributed by atoms with E-state index in [9.17, 15) is 4.79 Å². The van der Waals surface area contributed by atoms with Crippen molar-refractivity contribution in [3.05, 3.63) is 41.3 Å². The average Bonchev–Trinajstić information content (AvgIpc) is 2.83. The van der Waals surface area contributed by atoms with Gasteiger partial charge in [-0.2, -0.15) is 0 Å². The number of nitrogens with zero attached hydrogens (tertiary/aromatic N) is 2. The number of hydrogen-bond acceptors (Lipinski definition) is 2. The Morgan fingerprint density at radius 3 is 3.05 bits per heavy atom. The zero-order valence-electron chi connectivity index (χ0n) is 12.6. The molecule has 2 heterocycles. The molecule has 1 amide bonds. The average molecular weight is 318 g/mol. The van der Waals surface area contributed by atoms with E-state index in [1.54, 1.807) is 12.2 Å². The smallest absolute Gasteiger partial charge is 0.244 e. The van der Waals surface area contributed by atoms with Gasteiger partial charge in [0.25, 0.3) is 0 Å². The summed E-state index contributed by atoms with van der Waals surface area (Å²) in [5.74, 6) is 0.478. The summed E-state index contributed by atoms with van der Waals surface area (Å²) in [5, 5.41) is 3.50. The highest BCUT2D eigenvalue weighted by molar-refractivity contribution is 6.31. The Morgan fingerprint density at radius 1 is 1.41 bits per heavy atom. The fraction of sp³-hybridized carbons (Fsp3) is 0.412. The SMILES string of the molecule is CC1CCCCC1NC(=O)/C=C/c1c(Cl)nc2ccccn12. The van der Waals surface area contributed by atoms with Crippen molar-refractivity contribution in [2.45, 2.75) is 38.6 Å². The lowest BCUT2D eigenvalue weighted by atomic mass is 9.86. The van der Waals surface area contributed by atoms with Gasteiger partial charge in [0.05, 0.1) is 5.69 Å². The first-order valence-electron chi connectivity index (χ1n) is 7.76. The molecule has 0 spiro atoms. The fourth-order valence-electron chi connectivity index (χ4n) is 3.05. The van der Waals surface area contributed by atoms with Crippen LogP contribution in [-0.4, -0.2) is 21.3 Å². The number of carbonyl (C=O) groups is 1. The molecule has 1 N–H and O–H groups in total. The van der Waals surface area contributed by atoms with Crippen LogP contribution in [0.5, 0.6) is 0 Å². The van der Waals surface area contributed by atoms with Gasteiger partial charge < -0.3 is 5.32 Å². The number of hydrogen-bond donors (Lipinski definition) is 1. The minimum atomic E-state index is -0.0688. The molecule has 1 aliphatic rings. The van der Waals surface area contributed by atoms with Crippen LogP contribution in [0.4, 0.5) is 0 Å². The van der Waals surface area contributed by atoms with E-state index in [-0.39, 0.29) is 11.9 Å². The number of pyridine rings is 1. The van der Waals surface area contributed by atoms with Crippen LogP contribution < -0.4 is 5.32 Å². The van der Waals surface area contributed by atoms with E-state index < -0.39 is 0 Å². The van der Waals surface area contributed by atoms with Gasteiger partial charge in [0.15, 0.2) is 5.15 Å². The summed E-state index contributed by atoms with van der Waals surface area (Å²) in [7, 11) is 0. The molecule has 2 atom stereocenters. The van der Waals surface area contributed by atoms with Crippen molar-refractivity contribution in [3.8, 4) is 0 Å². The van der Waals surface area contributed by atoms with Crippen LogP contribution in [0.1, 0.15) is 38.3 Å². The molecule has 22 heavy (non-hydrogen) atoms. The molecule has 3 rings (SSSR count). The predicted octanol–water partition coefficient (Wildman–Crippen LogP) is 3.70. The monoisotopic (exact) mass is 317 g/mol. The first-order chi connectivity index (χ1) is 10.6. The Morgan fingerprint density at radius 2 is 2.23 bits per heavy atom. The molecule has 1 saturated carbocycles. The third-order valence-electron chi connectivity index (χ3n) is 4.35. The third kappa shape index (κ3) is 3.17. The molecule has 5 heteroatoms. The van der Waals surface area contributed by atoms with Crippen molar-refractivity contribution in [1.82, 2.24) is 14.7 Å². The van der Waals surface area contributed by atoms with Crippen molar-refractivity contribution in [1.29, 1.82) is 0 Å². The lowest BCUT2D eigenvalue weighted by molar-refractivity contribution is -0.117. The number of rotatable bonds is 3. The number of halogens is 1. The van der Waals surface area contributed by atoms with Gasteiger partial charge in [0, 0.05) is 18.3 Å². The van der Waals surface area contributed by atoms with E-state index in [2.05, 4.69) is 17.2 Å². The van der Waals surface area contributed by atoms with Crippen LogP contribution in [0.3, 0.4) is 0 Å². The van der Waals surface area contributed by atoms with E-state index in [0.29, 0.717) is 11.1 Å². The number of aromatic nitrogens is 2. The summed E-state index contributed by atoms with van der Waals surface area (Å²) in [6, 6.07) is 5.98. The van der Waals surface area contributed by atoms with Crippen molar-refractivity contribution in [2.75, 3.05) is 0 Å². The van der Waals surface area contributed by atoms with Gasteiger partial charge in [-0.3, -0.25) is 9.20 Å². The first-order valence-corrected chi connectivity index (χ1v) is 8.14. The summed E-state index contributed by atoms with van der Waals surface area (Å²) in [5.41, 5.74) is 1.50. The number of nitrogens with one attached hydrogen (secondary N) is 1. The lowest BCUT2D eigenvalue weighted by Crippen LogP contribution is -2.40. The van der Waals surface area contributed by atoms with Crippen LogP contribution in [0.25, 0.3) is 11.7 Å². The van der Waals surface area contributed by atoms with Crippen LogP contribution in [0.2, 0.25) is 5.15 Å². The van der Waals surface area contributed by atoms with Gasteiger partial charge in [-0.1, -0.05) is 37.4 Å². The normalized spacial score (nSPS) is 22.3. The Labute approximate surface area is 135 Å². The Kier molecular flexibility index (Phi) is 4.48. The topological polar surface area (TPSA) is 46.4 Å². The Balaban J connectivity index is 1.72. The molecule has 116 valence electrons. The number of imidazole rings is 1. The van der Waals surface area contributed by atoms with Gasteiger partial charge >= 0.3 is 0 Å². The highest BCUT2D eigenvalue weighted by Crippen LogP contribution is 2.24. The molecule has 2 aromatic heterocycles. The second kappa shape index (κ2) is 6.53. The molecule has 0 radical (unpaired) electrons. The summed E-state index contributed by atoms with van der Waals surface area (Å²) in [6.45, 7) is 2.20. The predicted molar refractivity (Wildman–Crippen MR) is 88.8 cm³/mol. The van der Waals surface area contributed by atoms with Crippen molar-refractivity contribution < 1.29 is 4.79 Å². The van der Waals surface area contributed by atoms with E-state index in [0.717, 1.165) is 17.8 Å². The molecule has 1 fully saturated rings. The van der Waals surface area contributed by atoms with E-state index in [1.165, 1.54) is 19.3 Å². The summed E-state index contributed by atoms with van der Waals surface area (Å²) in [6.07, 6.45) is 9.87. The van der Waals surface area contributed by atoms with Gasteiger partial charge in [-0.05, 0) is 37.0 Å². The molecule has 0 bridgehead atoms. The third-order valence-corrected chi connectivity index (χ3v) is 4.63. The van der Waals surface area contributed by atoms with E-state index >= 15 is 0 Å². The highest BCUT2D eigenvalue weighted by atomic mass is 35.5. The number of carbonyl (C=O) groups excluding carboxylic acids is 1. The molecular weight excluding hydrogens is 298 g/mol. The Hall–Kier alpha value is -1.81. The maximum Gasteiger partial charge on any atom is 0.244 e. The molecule has 2 unspecified atom stereocenters. The lowest BCUT2D eigenvalue weighted by Gasteiger charge is -2.29. The minimum absolute atomic E-state index is 0.0688. The quantitative estimate of drug-likeness (QED) is 0.877. The largest absolute Gasteiger partial charge is 0.350 e. The standard InChI is InChI=1S/C17H20ClN3O/c1-12-6-2-3-7-13(12)19-16(22)10-9-14-17(18)20-15-8-4-5-11-21(14)15/h4-5,8-13H,2-3,6-7H2,1H3,(H,19,22)/b10-9+. The summed E-state index contributed by atoms with van der Waals surface area (Å²) < 4.78 is 1.87. The van der Waals surface area contributed by atoms with Gasteiger partial charge in [-0.25, -0.2) is 4.98 Å². The molecule has 0 aromatic carbocycles. The van der Waals surface area contributed by atoms with Crippen LogP contribution >= 0.6 is 11.6 Å². The number of amides is 1. The van der Waals surface area contributed by atoms with Crippen LogP contribution in [0.15, 0.2) is 30.5 Å². The minimum Gasteiger partial charge on any atom is -0.350 e. The molecule has 0 aliphatic heterocycles. The molecule has 4 nitrogen and oxygen atoms in total. The zero-order chi connectivity index (χ0) is 15.5. The molecule has 1 aliphatic carbocycles. The van der Waals surface area contributed by atoms with Gasteiger partial charge in [-0.15, -0.1) is 0 Å². The maximum absolute atomic E-state index is 12.1. The van der Waals surface area contributed by atoms with E-state index in [1.807, 2.05) is 28.8 Å². The van der Waals surface area contributed by atoms with Crippen LogP contribution in [0, 0.1) is 5.92 Å². The molecule has 2 aromatic rings. The zero-order valence-corrected chi connectivity index (χ0v) is 13.4. The summed E-state index contributed by atoms with van der Waals surface area (Å²) in [4.78, 5) is 16.4. The van der Waals surface area contributed by atoms with Gasteiger partial charge in [0.2, 0.25) is 5.91 Å². The summed E-state index contributed by atoms with van der Waals surface area (Å²) >= 11 is 6.15. The fourth-order valence-corrected chi connectivity index (χ4v) is 3.29. The second-order valence-electron chi connectivity index (χ2n) is 5.93. The van der Waals surface area contributed by atoms with Crippen LogP contribution in [-0.2, 0) is 4.79 Å². The van der Waals surface area contributed by atoms with Crippen molar-refractivity contribution in [2.24, 2.45) is 5.92 Å². The highest BCUT2D eigenvalue weighted by Gasteiger charge is 2.21. The second-order valence-corrected chi connectivity index (χ2v) is 6.28. The van der Waals surface area contributed by atoms with E-state index in [4.69, 9.17) is 11.6 Å². The molecular formula is C17H20ClN3O. The van der Waals surface area contributed by atoms with Crippen molar-refractivity contribution >= 4 is 29.2 Å². The van der Waals surface area contributed by atoms with Gasteiger partial charge in [0.1, 0.15) is 5.65 Å². The number of fused-ring (bicyclic) bond motifs is 1. The Bertz CT molecular complexity index is 707. The first kappa shape index (κ1) is 15.1.